The maximum atomic E-state index is 12.6. The molecule has 0 radical (unpaired) electrons. The zero-order chi connectivity index (χ0) is 15.0. The Morgan fingerprint density at radius 2 is 2.19 bits per heavy atom. The summed E-state index contributed by atoms with van der Waals surface area (Å²) in [6, 6.07) is 5.80. The molecular formula is C16H21BrN2O2. The second kappa shape index (κ2) is 6.07. The van der Waals surface area contributed by atoms with E-state index in [0.29, 0.717) is 18.4 Å². The van der Waals surface area contributed by atoms with Crippen molar-refractivity contribution in [3.05, 3.63) is 28.2 Å². The van der Waals surface area contributed by atoms with Crippen LogP contribution in [0.15, 0.2) is 22.7 Å². The summed E-state index contributed by atoms with van der Waals surface area (Å²) in [6.07, 6.45) is 3.43. The molecule has 3 N–H and O–H groups in total. The van der Waals surface area contributed by atoms with Crippen molar-refractivity contribution in [2.45, 2.75) is 31.9 Å². The predicted octanol–water partition coefficient (Wildman–Crippen LogP) is 2.91. The molecule has 0 spiro atoms. The van der Waals surface area contributed by atoms with E-state index in [2.05, 4.69) is 21.2 Å². The van der Waals surface area contributed by atoms with E-state index < -0.39 is 0 Å². The van der Waals surface area contributed by atoms with Crippen LogP contribution in [0.2, 0.25) is 0 Å². The lowest BCUT2D eigenvalue weighted by molar-refractivity contribution is -0.121. The van der Waals surface area contributed by atoms with Crippen LogP contribution in [0.25, 0.3) is 0 Å². The molecule has 2 aliphatic rings. The maximum Gasteiger partial charge on any atom is 0.229 e. The number of hydrogen-bond donors (Lipinski definition) is 2. The minimum absolute atomic E-state index is 0.0155. The van der Waals surface area contributed by atoms with Gasteiger partial charge in [0.15, 0.2) is 0 Å². The number of benzene rings is 1. The number of methoxy groups -OCH3 is 1. The molecule has 1 aromatic carbocycles. The van der Waals surface area contributed by atoms with Crippen LogP contribution >= 0.6 is 15.9 Å². The van der Waals surface area contributed by atoms with E-state index in [9.17, 15) is 4.79 Å². The number of hydrogen-bond acceptors (Lipinski definition) is 3. The molecule has 3 rings (SSSR count). The van der Waals surface area contributed by atoms with E-state index in [-0.39, 0.29) is 17.9 Å². The lowest BCUT2D eigenvalue weighted by Gasteiger charge is -2.27. The SMILES string of the molecule is COCc1c(Br)cccc1NC(=O)C1C2CCC(C2)C1N. The van der Waals surface area contributed by atoms with E-state index in [1.54, 1.807) is 7.11 Å². The monoisotopic (exact) mass is 352 g/mol. The van der Waals surface area contributed by atoms with Gasteiger partial charge in [-0.05, 0) is 43.2 Å². The van der Waals surface area contributed by atoms with Gasteiger partial charge in [0, 0.05) is 28.9 Å². The fourth-order valence-electron chi connectivity index (χ4n) is 3.91. The van der Waals surface area contributed by atoms with Crippen molar-refractivity contribution in [3.8, 4) is 0 Å². The lowest BCUT2D eigenvalue weighted by Crippen LogP contribution is -2.42. The Kier molecular flexibility index (Phi) is 4.33. The van der Waals surface area contributed by atoms with Crippen molar-refractivity contribution in [2.75, 3.05) is 12.4 Å². The fourth-order valence-corrected chi connectivity index (χ4v) is 4.39. The molecule has 2 bridgehead atoms. The van der Waals surface area contributed by atoms with Crippen LogP contribution in [0.4, 0.5) is 5.69 Å². The van der Waals surface area contributed by atoms with Gasteiger partial charge in [-0.1, -0.05) is 22.0 Å². The number of halogens is 1. The molecule has 114 valence electrons. The van der Waals surface area contributed by atoms with Gasteiger partial charge in [0.05, 0.1) is 12.5 Å². The topological polar surface area (TPSA) is 64.3 Å². The number of fused-ring (bicyclic) bond motifs is 2. The first-order valence-corrected chi connectivity index (χ1v) is 8.24. The van der Waals surface area contributed by atoms with E-state index in [4.69, 9.17) is 10.5 Å². The van der Waals surface area contributed by atoms with E-state index >= 15 is 0 Å². The third-order valence-corrected chi connectivity index (χ3v) is 5.69. The van der Waals surface area contributed by atoms with Crippen molar-refractivity contribution < 1.29 is 9.53 Å². The molecule has 2 aliphatic carbocycles. The van der Waals surface area contributed by atoms with E-state index in [0.717, 1.165) is 28.6 Å². The summed E-state index contributed by atoms with van der Waals surface area (Å²) in [5.74, 6) is 1.01. The average Bonchev–Trinajstić information content (AvgIpc) is 3.03. The third kappa shape index (κ3) is 2.74. The van der Waals surface area contributed by atoms with Crippen molar-refractivity contribution in [1.82, 2.24) is 0 Å². The van der Waals surface area contributed by atoms with Crippen LogP contribution in [0.3, 0.4) is 0 Å². The summed E-state index contributed by atoms with van der Waals surface area (Å²) in [4.78, 5) is 12.6. The summed E-state index contributed by atoms with van der Waals surface area (Å²) in [5.41, 5.74) is 8.02. The molecule has 4 unspecified atom stereocenters. The number of carbonyl (C=O) groups excluding carboxylic acids is 1. The van der Waals surface area contributed by atoms with E-state index in [1.807, 2.05) is 18.2 Å². The van der Waals surface area contributed by atoms with Gasteiger partial charge in [-0.3, -0.25) is 4.79 Å². The van der Waals surface area contributed by atoms with Gasteiger partial charge in [-0.25, -0.2) is 0 Å². The molecule has 0 aliphatic heterocycles. The molecule has 0 aromatic heterocycles. The van der Waals surface area contributed by atoms with Gasteiger partial charge in [-0.2, -0.15) is 0 Å². The van der Waals surface area contributed by atoms with Crippen LogP contribution in [0, 0.1) is 17.8 Å². The number of amides is 1. The van der Waals surface area contributed by atoms with Crippen LogP contribution in [-0.4, -0.2) is 19.1 Å². The third-order valence-electron chi connectivity index (χ3n) is 4.95. The summed E-state index contributed by atoms with van der Waals surface area (Å²) in [6.45, 7) is 0.458. The largest absolute Gasteiger partial charge is 0.380 e. The minimum Gasteiger partial charge on any atom is -0.380 e. The highest BCUT2D eigenvalue weighted by Gasteiger charge is 2.49. The Hall–Kier alpha value is -0.910. The number of carbonyl (C=O) groups is 1. The highest BCUT2D eigenvalue weighted by atomic mass is 79.9. The van der Waals surface area contributed by atoms with Gasteiger partial charge < -0.3 is 15.8 Å². The van der Waals surface area contributed by atoms with Gasteiger partial charge in [0.2, 0.25) is 5.91 Å². The Labute approximate surface area is 133 Å². The van der Waals surface area contributed by atoms with E-state index in [1.165, 1.54) is 6.42 Å². The molecule has 4 atom stereocenters. The summed E-state index contributed by atoms with van der Waals surface area (Å²) in [7, 11) is 1.65. The molecule has 5 heteroatoms. The van der Waals surface area contributed by atoms with Crippen LogP contribution in [-0.2, 0) is 16.1 Å². The molecular weight excluding hydrogens is 332 g/mol. The van der Waals surface area contributed by atoms with Gasteiger partial charge in [-0.15, -0.1) is 0 Å². The molecule has 1 aromatic rings. The molecule has 21 heavy (non-hydrogen) atoms. The first-order valence-electron chi connectivity index (χ1n) is 7.44. The predicted molar refractivity (Wildman–Crippen MR) is 85.8 cm³/mol. The summed E-state index contributed by atoms with van der Waals surface area (Å²) in [5, 5.41) is 3.06. The number of nitrogens with two attached hydrogens (primary N) is 1. The number of nitrogens with one attached hydrogen (secondary N) is 1. The molecule has 2 saturated carbocycles. The zero-order valence-electron chi connectivity index (χ0n) is 12.1. The lowest BCUT2D eigenvalue weighted by atomic mass is 9.84. The van der Waals surface area contributed by atoms with Crippen molar-refractivity contribution in [2.24, 2.45) is 23.5 Å². The quantitative estimate of drug-likeness (QED) is 0.875. The molecule has 0 saturated heterocycles. The summed E-state index contributed by atoms with van der Waals surface area (Å²) < 4.78 is 6.16. The number of anilines is 1. The van der Waals surface area contributed by atoms with Gasteiger partial charge in [0.25, 0.3) is 0 Å². The van der Waals surface area contributed by atoms with Crippen LogP contribution in [0.1, 0.15) is 24.8 Å². The Balaban J connectivity index is 1.78. The first kappa shape index (κ1) is 15.0. The maximum absolute atomic E-state index is 12.6. The molecule has 2 fully saturated rings. The summed E-state index contributed by atoms with van der Waals surface area (Å²) >= 11 is 3.51. The molecule has 0 heterocycles. The first-order chi connectivity index (χ1) is 10.1. The molecule has 1 amide bonds. The van der Waals surface area contributed by atoms with Crippen LogP contribution in [0.5, 0.6) is 0 Å². The molecule has 4 nitrogen and oxygen atoms in total. The normalized spacial score (nSPS) is 30.6. The zero-order valence-corrected chi connectivity index (χ0v) is 13.7. The van der Waals surface area contributed by atoms with Crippen molar-refractivity contribution in [1.29, 1.82) is 0 Å². The highest BCUT2D eigenvalue weighted by Crippen LogP contribution is 2.48. The number of rotatable bonds is 4. The second-order valence-corrected chi connectivity index (χ2v) is 6.98. The minimum atomic E-state index is -0.0434. The van der Waals surface area contributed by atoms with Gasteiger partial charge >= 0.3 is 0 Å². The highest BCUT2D eigenvalue weighted by molar-refractivity contribution is 9.10. The Morgan fingerprint density at radius 3 is 2.86 bits per heavy atom. The number of ether oxygens (including phenoxy) is 1. The van der Waals surface area contributed by atoms with Gasteiger partial charge in [0.1, 0.15) is 0 Å². The van der Waals surface area contributed by atoms with Crippen molar-refractivity contribution >= 4 is 27.5 Å². The standard InChI is InChI=1S/C16H21BrN2O2/c1-21-8-11-12(17)3-2-4-13(11)19-16(20)14-9-5-6-10(7-9)15(14)18/h2-4,9-10,14-15H,5-8,18H2,1H3,(H,19,20). The Morgan fingerprint density at radius 1 is 1.43 bits per heavy atom. The average molecular weight is 353 g/mol. The van der Waals surface area contributed by atoms with Crippen molar-refractivity contribution in [3.63, 3.8) is 0 Å². The second-order valence-electron chi connectivity index (χ2n) is 6.12. The Bertz CT molecular complexity index is 547. The van der Waals surface area contributed by atoms with Crippen LogP contribution < -0.4 is 11.1 Å². The fraction of sp³-hybridized carbons (Fsp3) is 0.562. The smallest absolute Gasteiger partial charge is 0.229 e.